The van der Waals surface area contributed by atoms with E-state index in [9.17, 15) is 0 Å². The number of benzene rings is 9. The van der Waals surface area contributed by atoms with E-state index in [-0.39, 0.29) is 0 Å². The van der Waals surface area contributed by atoms with Crippen molar-refractivity contribution in [3.8, 4) is 44.8 Å². The average molecular weight is 743 g/mol. The van der Waals surface area contributed by atoms with Crippen LogP contribution in [0.15, 0.2) is 206 Å². The first-order valence-corrected chi connectivity index (χ1v) is 20.3. The highest BCUT2D eigenvalue weighted by atomic mass is 32.1. The quantitative estimate of drug-likeness (QED) is 0.166. The molecule has 9 aromatic carbocycles. The fourth-order valence-corrected chi connectivity index (χ4v) is 10.3. The average Bonchev–Trinajstić information content (AvgIpc) is 3.95. The molecule has 0 fully saturated rings. The molecule has 0 atom stereocenters. The zero-order valence-electron chi connectivity index (χ0n) is 30.9. The van der Waals surface area contributed by atoms with Gasteiger partial charge in [-0.2, -0.15) is 0 Å². The smallest absolute Gasteiger partial charge is 0.0719 e. The van der Waals surface area contributed by atoms with Gasteiger partial charge in [-0.15, -0.1) is 11.3 Å². The molecule has 0 unspecified atom stereocenters. The molecular weight excluding hydrogens is 709 g/mol. The Hall–Kier alpha value is -7.20. The third-order valence-electron chi connectivity index (χ3n) is 11.8. The van der Waals surface area contributed by atoms with Gasteiger partial charge in [0.1, 0.15) is 0 Å². The van der Waals surface area contributed by atoms with Crippen molar-refractivity contribution >= 4 is 75.1 Å². The van der Waals surface area contributed by atoms with Crippen LogP contribution >= 0.6 is 11.3 Å². The van der Waals surface area contributed by atoms with Crippen LogP contribution < -0.4 is 0 Å². The summed E-state index contributed by atoms with van der Waals surface area (Å²) in [4.78, 5) is 0. The fourth-order valence-electron chi connectivity index (χ4n) is 9.02. The highest BCUT2D eigenvalue weighted by molar-refractivity contribution is 7.26. The summed E-state index contributed by atoms with van der Waals surface area (Å²) in [5.41, 5.74) is 14.6. The van der Waals surface area contributed by atoms with E-state index in [1.165, 1.54) is 103 Å². The van der Waals surface area contributed by atoms with Crippen molar-refractivity contribution in [1.29, 1.82) is 0 Å². The third kappa shape index (κ3) is 5.03. The van der Waals surface area contributed by atoms with E-state index in [2.05, 4.69) is 215 Å². The van der Waals surface area contributed by atoms with Gasteiger partial charge in [-0.05, 0) is 88.0 Å². The predicted octanol–water partition coefficient (Wildman–Crippen LogP) is 15.2. The molecule has 3 heterocycles. The van der Waals surface area contributed by atoms with Gasteiger partial charge in [0.15, 0.2) is 0 Å². The van der Waals surface area contributed by atoms with Crippen LogP contribution in [0.1, 0.15) is 0 Å². The van der Waals surface area contributed by atoms with Crippen LogP contribution in [0, 0.1) is 0 Å². The Labute approximate surface area is 333 Å². The summed E-state index contributed by atoms with van der Waals surface area (Å²) in [5, 5.41) is 7.76. The van der Waals surface area contributed by atoms with Gasteiger partial charge < -0.3 is 9.13 Å². The molecule has 0 radical (unpaired) electrons. The SMILES string of the molecule is c1ccc(-c2ccc3c(c2)c2ccccc2n3-c2ccc(-c3ccc(-c4ccc(-n5c6ccccc6c6ccc7c8ccccc8sc7c65)cc4)cc3)cc2)cc1. The maximum Gasteiger partial charge on any atom is 0.0719 e. The van der Waals surface area contributed by atoms with E-state index < -0.39 is 0 Å². The second-order valence-electron chi connectivity index (χ2n) is 14.9. The Morgan fingerprint density at radius 3 is 1.40 bits per heavy atom. The number of rotatable bonds is 5. The largest absolute Gasteiger partial charge is 0.309 e. The van der Waals surface area contributed by atoms with Crippen LogP contribution in [0.4, 0.5) is 0 Å². The standard InChI is InChI=1S/C54H34N2S/c1-2-10-35(11-3-1)40-26-33-51-48(34-40)44-13-5-7-15-49(44)55(51)41-27-22-38(23-28-41)36-18-20-37(21-19-36)39-24-29-42(30-25-39)56-50-16-8-4-12-43(50)46-31-32-47-45-14-6-9-17-52(45)57-54(47)53(46)56/h1-34H. The molecule has 2 nitrogen and oxygen atoms in total. The molecule has 3 heteroatoms. The van der Waals surface area contributed by atoms with Crippen molar-refractivity contribution in [2.45, 2.75) is 0 Å². The summed E-state index contributed by atoms with van der Waals surface area (Å²) in [6, 6.07) is 75.4. The van der Waals surface area contributed by atoms with Gasteiger partial charge in [-0.25, -0.2) is 0 Å². The summed E-state index contributed by atoms with van der Waals surface area (Å²) in [6.07, 6.45) is 0. The summed E-state index contributed by atoms with van der Waals surface area (Å²) < 4.78 is 7.51. The van der Waals surface area contributed by atoms with Crippen molar-refractivity contribution in [3.63, 3.8) is 0 Å². The lowest BCUT2D eigenvalue weighted by molar-refractivity contribution is 1.18. The Kier molecular flexibility index (Phi) is 7.13. The van der Waals surface area contributed by atoms with Crippen LogP contribution in [-0.2, 0) is 0 Å². The monoisotopic (exact) mass is 742 g/mol. The number of fused-ring (bicyclic) bond motifs is 10. The van der Waals surface area contributed by atoms with Crippen molar-refractivity contribution in [2.75, 3.05) is 0 Å². The molecule has 0 spiro atoms. The molecule has 57 heavy (non-hydrogen) atoms. The molecule has 0 saturated heterocycles. The lowest BCUT2D eigenvalue weighted by Crippen LogP contribution is -1.94. The number of nitrogens with zero attached hydrogens (tertiary/aromatic N) is 2. The Morgan fingerprint density at radius 2 is 0.737 bits per heavy atom. The number of hydrogen-bond donors (Lipinski definition) is 0. The van der Waals surface area contributed by atoms with Gasteiger partial charge in [-0.3, -0.25) is 0 Å². The van der Waals surface area contributed by atoms with Gasteiger partial charge >= 0.3 is 0 Å². The molecule has 0 aliphatic heterocycles. The first-order chi connectivity index (χ1) is 28.3. The first kappa shape index (κ1) is 32.1. The molecule has 12 aromatic rings. The molecule has 0 aliphatic carbocycles. The molecule has 266 valence electrons. The highest BCUT2D eigenvalue weighted by Gasteiger charge is 2.18. The van der Waals surface area contributed by atoms with E-state index in [1.54, 1.807) is 0 Å². The third-order valence-corrected chi connectivity index (χ3v) is 13.0. The van der Waals surface area contributed by atoms with Crippen LogP contribution in [0.2, 0.25) is 0 Å². The van der Waals surface area contributed by atoms with Gasteiger partial charge in [0.25, 0.3) is 0 Å². The summed E-state index contributed by atoms with van der Waals surface area (Å²) in [5.74, 6) is 0. The van der Waals surface area contributed by atoms with E-state index in [1.807, 2.05) is 11.3 Å². The van der Waals surface area contributed by atoms with Crippen molar-refractivity contribution in [1.82, 2.24) is 9.13 Å². The maximum absolute atomic E-state index is 2.46. The normalized spacial score (nSPS) is 11.9. The van der Waals surface area contributed by atoms with Gasteiger partial charge in [0.2, 0.25) is 0 Å². The van der Waals surface area contributed by atoms with Gasteiger partial charge in [0, 0.05) is 48.4 Å². The molecule has 3 aromatic heterocycles. The lowest BCUT2D eigenvalue weighted by Gasteiger charge is -2.11. The number of para-hydroxylation sites is 2. The van der Waals surface area contributed by atoms with Gasteiger partial charge in [-0.1, -0.05) is 152 Å². The van der Waals surface area contributed by atoms with Crippen molar-refractivity contribution in [2.24, 2.45) is 0 Å². The second-order valence-corrected chi connectivity index (χ2v) is 16.0. The molecular formula is C54H34N2S. The first-order valence-electron chi connectivity index (χ1n) is 19.5. The number of thiophene rings is 1. The highest BCUT2D eigenvalue weighted by Crippen LogP contribution is 2.43. The Balaban J connectivity index is 0.868. The minimum absolute atomic E-state index is 1.16. The molecule has 0 amide bonds. The van der Waals surface area contributed by atoms with Crippen molar-refractivity contribution < 1.29 is 0 Å². The van der Waals surface area contributed by atoms with E-state index in [4.69, 9.17) is 0 Å². The molecule has 0 N–H and O–H groups in total. The molecule has 0 bridgehead atoms. The molecule has 12 rings (SSSR count). The topological polar surface area (TPSA) is 9.86 Å². The number of aromatic nitrogens is 2. The van der Waals surface area contributed by atoms with E-state index in [0.717, 1.165) is 5.69 Å². The van der Waals surface area contributed by atoms with Crippen LogP contribution in [0.5, 0.6) is 0 Å². The van der Waals surface area contributed by atoms with Crippen LogP contribution in [-0.4, -0.2) is 9.13 Å². The Bertz CT molecular complexity index is 3470. The van der Waals surface area contributed by atoms with Gasteiger partial charge in [0.05, 0.1) is 26.8 Å². The molecule has 0 saturated carbocycles. The maximum atomic E-state index is 2.46. The zero-order chi connectivity index (χ0) is 37.5. The summed E-state index contributed by atoms with van der Waals surface area (Å²) in [7, 11) is 0. The summed E-state index contributed by atoms with van der Waals surface area (Å²) in [6.45, 7) is 0. The van der Waals surface area contributed by atoms with E-state index in [0.29, 0.717) is 0 Å². The predicted molar refractivity (Wildman–Crippen MR) is 244 cm³/mol. The lowest BCUT2D eigenvalue weighted by atomic mass is 10.00. The van der Waals surface area contributed by atoms with Crippen molar-refractivity contribution in [3.05, 3.63) is 206 Å². The van der Waals surface area contributed by atoms with Crippen LogP contribution in [0.3, 0.4) is 0 Å². The molecule has 0 aliphatic rings. The zero-order valence-corrected chi connectivity index (χ0v) is 31.7. The minimum atomic E-state index is 1.16. The minimum Gasteiger partial charge on any atom is -0.309 e. The second kappa shape index (κ2) is 12.7. The van der Waals surface area contributed by atoms with E-state index >= 15 is 0 Å². The number of hydrogen-bond acceptors (Lipinski definition) is 1. The fraction of sp³-hybridized carbons (Fsp3) is 0. The summed E-state index contributed by atoms with van der Waals surface area (Å²) >= 11 is 1.89. The van der Waals surface area contributed by atoms with Crippen LogP contribution in [0.25, 0.3) is 109 Å². The Morgan fingerprint density at radius 1 is 0.281 bits per heavy atom.